The van der Waals surface area contributed by atoms with E-state index in [1.807, 2.05) is 24.4 Å². The van der Waals surface area contributed by atoms with Crippen LogP contribution in [0.25, 0.3) is 11.3 Å². The van der Waals surface area contributed by atoms with Crippen LogP contribution < -0.4 is 5.32 Å². The van der Waals surface area contributed by atoms with E-state index in [0.717, 1.165) is 34.4 Å². The molecule has 0 amide bonds. The number of hydrogen-bond acceptors (Lipinski definition) is 3. The van der Waals surface area contributed by atoms with Crippen molar-refractivity contribution in [2.24, 2.45) is 5.92 Å². The maximum Gasteiger partial charge on any atom is 0.0866 e. The van der Waals surface area contributed by atoms with Crippen molar-refractivity contribution in [1.82, 2.24) is 9.97 Å². The zero-order valence-electron chi connectivity index (χ0n) is 13.6. The van der Waals surface area contributed by atoms with Crippen LogP contribution >= 0.6 is 15.9 Å². The van der Waals surface area contributed by atoms with Crippen molar-refractivity contribution in [3.8, 4) is 11.3 Å². The summed E-state index contributed by atoms with van der Waals surface area (Å²) in [5.74, 6) is 0.539. The maximum atomic E-state index is 4.49. The number of rotatable bonds is 6. The number of halogens is 1. The van der Waals surface area contributed by atoms with Gasteiger partial charge in [-0.1, -0.05) is 37.3 Å². The van der Waals surface area contributed by atoms with E-state index >= 15 is 0 Å². The number of aromatic nitrogens is 2. The largest absolute Gasteiger partial charge is 0.384 e. The molecule has 0 radical (unpaired) electrons. The number of nitrogens with zero attached hydrogens (tertiary/aromatic N) is 2. The topological polar surface area (TPSA) is 37.8 Å². The number of anilines is 1. The first-order chi connectivity index (χ1) is 11.7. The molecule has 0 bridgehead atoms. The second kappa shape index (κ2) is 8.06. The van der Waals surface area contributed by atoms with E-state index in [2.05, 4.69) is 68.5 Å². The lowest BCUT2D eigenvalue weighted by Gasteiger charge is -2.16. The van der Waals surface area contributed by atoms with E-state index in [4.69, 9.17) is 0 Å². The first-order valence-corrected chi connectivity index (χ1v) is 8.86. The fourth-order valence-corrected chi connectivity index (χ4v) is 3.27. The first-order valence-electron chi connectivity index (χ1n) is 8.06. The van der Waals surface area contributed by atoms with Gasteiger partial charge in [-0.05, 0) is 52.0 Å². The molecule has 0 aliphatic carbocycles. The molecule has 1 atom stereocenters. The van der Waals surface area contributed by atoms with Gasteiger partial charge in [-0.3, -0.25) is 9.97 Å². The van der Waals surface area contributed by atoms with E-state index in [0.29, 0.717) is 5.92 Å². The Morgan fingerprint density at radius 2 is 1.75 bits per heavy atom. The summed E-state index contributed by atoms with van der Waals surface area (Å²) in [5, 5.41) is 3.54. The lowest BCUT2D eigenvalue weighted by atomic mass is 10.0. The van der Waals surface area contributed by atoms with Gasteiger partial charge < -0.3 is 5.32 Å². The van der Waals surface area contributed by atoms with Gasteiger partial charge in [-0.25, -0.2) is 0 Å². The van der Waals surface area contributed by atoms with E-state index in [9.17, 15) is 0 Å². The highest BCUT2D eigenvalue weighted by Crippen LogP contribution is 2.32. The van der Waals surface area contributed by atoms with Gasteiger partial charge in [0.05, 0.1) is 15.9 Å². The highest BCUT2D eigenvalue weighted by atomic mass is 79.9. The van der Waals surface area contributed by atoms with Crippen molar-refractivity contribution >= 4 is 21.6 Å². The average Bonchev–Trinajstić information content (AvgIpc) is 2.62. The normalized spacial score (nSPS) is 11.9. The van der Waals surface area contributed by atoms with Crippen LogP contribution in [0.2, 0.25) is 0 Å². The molecule has 0 saturated carbocycles. The van der Waals surface area contributed by atoms with Crippen LogP contribution in [0.15, 0.2) is 71.6 Å². The summed E-state index contributed by atoms with van der Waals surface area (Å²) in [6.07, 6.45) is 6.47. The van der Waals surface area contributed by atoms with Crippen LogP contribution in [-0.4, -0.2) is 16.5 Å². The molecule has 0 aliphatic rings. The predicted octanol–water partition coefficient (Wildman–Crippen LogP) is 5.20. The number of pyridine rings is 2. The van der Waals surface area contributed by atoms with Crippen LogP contribution in [0, 0.1) is 5.92 Å². The Kier molecular flexibility index (Phi) is 5.59. The van der Waals surface area contributed by atoms with Gasteiger partial charge >= 0.3 is 0 Å². The zero-order chi connectivity index (χ0) is 16.8. The summed E-state index contributed by atoms with van der Waals surface area (Å²) in [7, 11) is 0. The van der Waals surface area contributed by atoms with Crippen LogP contribution in [0.5, 0.6) is 0 Å². The molecule has 0 unspecified atom stereocenters. The van der Waals surface area contributed by atoms with Crippen LogP contribution in [0.4, 0.5) is 5.69 Å². The van der Waals surface area contributed by atoms with Gasteiger partial charge in [0, 0.05) is 30.7 Å². The summed E-state index contributed by atoms with van der Waals surface area (Å²) in [6, 6.07) is 16.5. The standard InChI is InChI=1S/C20H20BrN3/c1-15(13-16-5-3-2-4-6-16)14-24-18-9-12-23-20(19(18)21)17-7-10-22-11-8-17/h2-12,15H,13-14H2,1H3,(H,23,24)/t15-/m1/s1. The molecule has 3 aromatic rings. The number of benzene rings is 1. The SMILES string of the molecule is C[C@@H](CNc1ccnc(-c2ccncc2)c1Br)Cc1ccccc1. The average molecular weight is 382 g/mol. The minimum atomic E-state index is 0.539. The predicted molar refractivity (Wildman–Crippen MR) is 103 cm³/mol. The van der Waals surface area contributed by atoms with Gasteiger partial charge in [0.25, 0.3) is 0 Å². The van der Waals surface area contributed by atoms with Gasteiger partial charge in [0.1, 0.15) is 0 Å². The second-order valence-electron chi connectivity index (χ2n) is 5.93. The monoisotopic (exact) mass is 381 g/mol. The van der Waals surface area contributed by atoms with Crippen molar-refractivity contribution < 1.29 is 0 Å². The molecule has 2 aromatic heterocycles. The third-order valence-corrected chi connectivity index (χ3v) is 4.71. The van der Waals surface area contributed by atoms with Crippen molar-refractivity contribution in [2.75, 3.05) is 11.9 Å². The molecule has 2 heterocycles. The summed E-state index contributed by atoms with van der Waals surface area (Å²) in [5.41, 5.74) is 4.42. The summed E-state index contributed by atoms with van der Waals surface area (Å²) in [4.78, 5) is 8.55. The number of nitrogens with one attached hydrogen (secondary N) is 1. The van der Waals surface area contributed by atoms with E-state index in [-0.39, 0.29) is 0 Å². The zero-order valence-corrected chi connectivity index (χ0v) is 15.2. The molecule has 1 N–H and O–H groups in total. The maximum absolute atomic E-state index is 4.49. The molecule has 0 spiro atoms. The van der Waals surface area contributed by atoms with Crippen molar-refractivity contribution in [3.05, 3.63) is 77.2 Å². The quantitative estimate of drug-likeness (QED) is 0.637. The Morgan fingerprint density at radius 1 is 1.00 bits per heavy atom. The fourth-order valence-electron chi connectivity index (χ4n) is 2.66. The molecule has 24 heavy (non-hydrogen) atoms. The molecule has 0 aliphatic heterocycles. The molecule has 122 valence electrons. The molecule has 3 nitrogen and oxygen atoms in total. The third-order valence-electron chi connectivity index (χ3n) is 3.91. The molecular weight excluding hydrogens is 362 g/mol. The van der Waals surface area contributed by atoms with Crippen LogP contribution in [0.1, 0.15) is 12.5 Å². The molecule has 4 heteroatoms. The highest BCUT2D eigenvalue weighted by molar-refractivity contribution is 9.10. The molecular formula is C20H20BrN3. The Bertz CT molecular complexity index is 775. The third kappa shape index (κ3) is 4.20. The van der Waals surface area contributed by atoms with E-state index in [1.54, 1.807) is 12.4 Å². The fraction of sp³-hybridized carbons (Fsp3) is 0.200. The summed E-state index contributed by atoms with van der Waals surface area (Å²) in [6.45, 7) is 3.17. The van der Waals surface area contributed by atoms with Crippen LogP contribution in [-0.2, 0) is 6.42 Å². The van der Waals surface area contributed by atoms with E-state index in [1.165, 1.54) is 5.56 Å². The van der Waals surface area contributed by atoms with Gasteiger partial charge in [0.15, 0.2) is 0 Å². The summed E-state index contributed by atoms with van der Waals surface area (Å²) < 4.78 is 0.989. The number of hydrogen-bond donors (Lipinski definition) is 1. The minimum absolute atomic E-state index is 0.539. The second-order valence-corrected chi connectivity index (χ2v) is 6.73. The van der Waals surface area contributed by atoms with Crippen LogP contribution in [0.3, 0.4) is 0 Å². The lowest BCUT2D eigenvalue weighted by molar-refractivity contribution is 0.612. The lowest BCUT2D eigenvalue weighted by Crippen LogP contribution is -2.14. The Labute approximate surface area is 151 Å². The highest BCUT2D eigenvalue weighted by Gasteiger charge is 2.10. The Hall–Kier alpha value is -2.20. The molecule has 3 rings (SSSR count). The molecule has 0 saturated heterocycles. The van der Waals surface area contributed by atoms with Gasteiger partial charge in [-0.15, -0.1) is 0 Å². The first kappa shape index (κ1) is 16.7. The van der Waals surface area contributed by atoms with Gasteiger partial charge in [-0.2, -0.15) is 0 Å². The van der Waals surface area contributed by atoms with Crippen molar-refractivity contribution in [2.45, 2.75) is 13.3 Å². The smallest absolute Gasteiger partial charge is 0.0866 e. The molecule has 1 aromatic carbocycles. The summed E-state index contributed by atoms with van der Waals surface area (Å²) >= 11 is 3.69. The Morgan fingerprint density at radius 3 is 2.50 bits per heavy atom. The minimum Gasteiger partial charge on any atom is -0.384 e. The van der Waals surface area contributed by atoms with Crippen molar-refractivity contribution in [1.29, 1.82) is 0 Å². The van der Waals surface area contributed by atoms with Gasteiger partial charge in [0.2, 0.25) is 0 Å². The van der Waals surface area contributed by atoms with E-state index < -0.39 is 0 Å². The van der Waals surface area contributed by atoms with Crippen molar-refractivity contribution in [3.63, 3.8) is 0 Å². The molecule has 0 fully saturated rings. The Balaban J connectivity index is 1.67.